The Morgan fingerprint density at radius 2 is 2.28 bits per heavy atom. The van der Waals surface area contributed by atoms with E-state index in [1.54, 1.807) is 18.5 Å². The lowest BCUT2D eigenvalue weighted by Gasteiger charge is -2.35. The summed E-state index contributed by atoms with van der Waals surface area (Å²) < 4.78 is 0. The Bertz CT molecular complexity index is 459. The van der Waals surface area contributed by atoms with Crippen LogP contribution in [0.3, 0.4) is 0 Å². The second-order valence-corrected chi connectivity index (χ2v) is 5.73. The molecule has 1 amide bonds. The molecular formula is C13H18N4O. The minimum Gasteiger partial charge on any atom is -0.333 e. The Labute approximate surface area is 107 Å². The number of hydrogen-bond donors (Lipinski definition) is 1. The topological polar surface area (TPSA) is 58.1 Å². The van der Waals surface area contributed by atoms with Crippen LogP contribution in [-0.4, -0.2) is 46.2 Å². The van der Waals surface area contributed by atoms with Crippen LogP contribution in [0.1, 0.15) is 24.2 Å². The normalized spacial score (nSPS) is 29.3. The van der Waals surface area contributed by atoms with Crippen molar-refractivity contribution < 1.29 is 4.79 Å². The van der Waals surface area contributed by atoms with Gasteiger partial charge >= 0.3 is 0 Å². The maximum absolute atomic E-state index is 12.5. The summed E-state index contributed by atoms with van der Waals surface area (Å²) in [5.41, 5.74) is 0.542. The molecule has 0 bridgehead atoms. The van der Waals surface area contributed by atoms with Crippen molar-refractivity contribution in [3.8, 4) is 0 Å². The van der Waals surface area contributed by atoms with Gasteiger partial charge in [-0.3, -0.25) is 4.79 Å². The Morgan fingerprint density at radius 1 is 1.44 bits per heavy atom. The van der Waals surface area contributed by atoms with E-state index in [1.807, 2.05) is 4.90 Å². The SMILES string of the molecule is CC1(C)C2CNCC2CN1C(=O)c1ccnnc1. The van der Waals surface area contributed by atoms with E-state index >= 15 is 0 Å². The van der Waals surface area contributed by atoms with Crippen LogP contribution in [0.2, 0.25) is 0 Å². The quantitative estimate of drug-likeness (QED) is 0.786. The monoisotopic (exact) mass is 246 g/mol. The largest absolute Gasteiger partial charge is 0.333 e. The predicted octanol–water partition coefficient (Wildman–Crippen LogP) is 0.547. The van der Waals surface area contributed by atoms with E-state index in [4.69, 9.17) is 0 Å². The third-order valence-corrected chi connectivity index (χ3v) is 4.44. The van der Waals surface area contributed by atoms with Gasteiger partial charge < -0.3 is 10.2 Å². The molecule has 0 saturated carbocycles. The molecule has 2 saturated heterocycles. The van der Waals surface area contributed by atoms with Crippen LogP contribution < -0.4 is 5.32 Å². The van der Waals surface area contributed by atoms with Crippen LogP contribution in [0, 0.1) is 11.8 Å². The summed E-state index contributed by atoms with van der Waals surface area (Å²) in [4.78, 5) is 14.5. The molecule has 1 aromatic heterocycles. The molecule has 2 fully saturated rings. The molecule has 18 heavy (non-hydrogen) atoms. The molecular weight excluding hydrogens is 228 g/mol. The molecule has 3 heterocycles. The highest BCUT2D eigenvalue weighted by Gasteiger charge is 2.51. The van der Waals surface area contributed by atoms with Gasteiger partial charge in [-0.25, -0.2) is 0 Å². The maximum Gasteiger partial charge on any atom is 0.256 e. The predicted molar refractivity (Wildman–Crippen MR) is 67.0 cm³/mol. The zero-order valence-electron chi connectivity index (χ0n) is 10.8. The summed E-state index contributed by atoms with van der Waals surface area (Å²) in [6.07, 6.45) is 3.11. The summed E-state index contributed by atoms with van der Waals surface area (Å²) in [6.45, 7) is 7.20. The third kappa shape index (κ3) is 1.61. The molecule has 0 aromatic carbocycles. The summed E-state index contributed by atoms with van der Waals surface area (Å²) in [5.74, 6) is 1.21. The number of rotatable bonds is 1. The highest BCUT2D eigenvalue weighted by Crippen LogP contribution is 2.41. The molecule has 0 radical (unpaired) electrons. The number of nitrogens with one attached hydrogen (secondary N) is 1. The van der Waals surface area contributed by atoms with Crippen LogP contribution in [0.4, 0.5) is 0 Å². The van der Waals surface area contributed by atoms with Gasteiger partial charge in [0.2, 0.25) is 0 Å². The van der Waals surface area contributed by atoms with Gasteiger partial charge in [-0.15, -0.1) is 0 Å². The lowest BCUT2D eigenvalue weighted by molar-refractivity contribution is 0.0602. The Hall–Kier alpha value is -1.49. The van der Waals surface area contributed by atoms with Crippen molar-refractivity contribution >= 4 is 5.91 Å². The van der Waals surface area contributed by atoms with Crippen LogP contribution in [0.15, 0.2) is 18.5 Å². The van der Waals surface area contributed by atoms with Crippen LogP contribution in [-0.2, 0) is 0 Å². The fraction of sp³-hybridized carbons (Fsp3) is 0.615. The van der Waals surface area contributed by atoms with Gasteiger partial charge in [-0.05, 0) is 31.7 Å². The zero-order chi connectivity index (χ0) is 12.8. The summed E-state index contributed by atoms with van der Waals surface area (Å²) in [6, 6.07) is 1.73. The molecule has 1 N–H and O–H groups in total. The second kappa shape index (κ2) is 4.02. The zero-order valence-corrected chi connectivity index (χ0v) is 10.8. The average Bonchev–Trinajstić information content (AvgIpc) is 2.92. The van der Waals surface area contributed by atoms with Crippen molar-refractivity contribution in [2.24, 2.45) is 11.8 Å². The molecule has 0 spiro atoms. The molecule has 2 unspecified atom stereocenters. The molecule has 3 rings (SSSR count). The lowest BCUT2D eigenvalue weighted by atomic mass is 9.85. The van der Waals surface area contributed by atoms with E-state index < -0.39 is 0 Å². The fourth-order valence-electron chi connectivity index (χ4n) is 3.34. The van der Waals surface area contributed by atoms with Gasteiger partial charge in [0, 0.05) is 25.2 Å². The van der Waals surface area contributed by atoms with Crippen molar-refractivity contribution in [3.05, 3.63) is 24.0 Å². The van der Waals surface area contributed by atoms with Gasteiger partial charge in [0.1, 0.15) is 0 Å². The van der Waals surface area contributed by atoms with Crippen molar-refractivity contribution in [1.82, 2.24) is 20.4 Å². The average molecular weight is 246 g/mol. The van der Waals surface area contributed by atoms with E-state index in [-0.39, 0.29) is 11.4 Å². The first kappa shape index (κ1) is 11.6. The molecule has 1 aromatic rings. The van der Waals surface area contributed by atoms with E-state index in [1.165, 1.54) is 0 Å². The second-order valence-electron chi connectivity index (χ2n) is 5.73. The first-order valence-electron chi connectivity index (χ1n) is 6.40. The summed E-state index contributed by atoms with van der Waals surface area (Å²) in [5, 5.41) is 10.9. The highest BCUT2D eigenvalue weighted by molar-refractivity contribution is 5.94. The molecule has 5 heteroatoms. The van der Waals surface area contributed by atoms with Gasteiger partial charge in [-0.2, -0.15) is 10.2 Å². The first-order valence-corrected chi connectivity index (χ1v) is 6.40. The standard InChI is InChI=1S/C13H18N4O/c1-13(2)11-7-14-5-10(11)8-17(13)12(18)9-3-4-15-16-6-9/h3-4,6,10-11,14H,5,7-8H2,1-2H3. The van der Waals surface area contributed by atoms with Crippen LogP contribution in [0.25, 0.3) is 0 Å². The Morgan fingerprint density at radius 3 is 2.94 bits per heavy atom. The van der Waals surface area contributed by atoms with E-state index in [9.17, 15) is 4.79 Å². The molecule has 2 aliphatic rings. The minimum atomic E-state index is -0.0888. The molecule has 2 aliphatic heterocycles. The van der Waals surface area contributed by atoms with Crippen LogP contribution >= 0.6 is 0 Å². The van der Waals surface area contributed by atoms with Crippen molar-refractivity contribution in [2.45, 2.75) is 19.4 Å². The van der Waals surface area contributed by atoms with Gasteiger partial charge in [-0.1, -0.05) is 0 Å². The molecule has 2 atom stereocenters. The lowest BCUT2D eigenvalue weighted by Crippen LogP contribution is -2.47. The van der Waals surface area contributed by atoms with Crippen molar-refractivity contribution in [3.63, 3.8) is 0 Å². The van der Waals surface area contributed by atoms with E-state index in [2.05, 4.69) is 29.4 Å². The van der Waals surface area contributed by atoms with E-state index in [0.717, 1.165) is 19.6 Å². The molecule has 0 aliphatic carbocycles. The molecule has 96 valence electrons. The fourth-order valence-corrected chi connectivity index (χ4v) is 3.34. The van der Waals surface area contributed by atoms with Gasteiger partial charge in [0.15, 0.2) is 0 Å². The maximum atomic E-state index is 12.5. The summed E-state index contributed by atoms with van der Waals surface area (Å²) >= 11 is 0. The number of carbonyl (C=O) groups excluding carboxylic acids is 1. The van der Waals surface area contributed by atoms with Gasteiger partial charge in [0.05, 0.1) is 18.0 Å². The highest BCUT2D eigenvalue weighted by atomic mass is 16.2. The third-order valence-electron chi connectivity index (χ3n) is 4.44. The minimum absolute atomic E-state index is 0.0734. The van der Waals surface area contributed by atoms with Gasteiger partial charge in [0.25, 0.3) is 5.91 Å². The van der Waals surface area contributed by atoms with Crippen molar-refractivity contribution in [1.29, 1.82) is 0 Å². The first-order chi connectivity index (χ1) is 8.60. The van der Waals surface area contributed by atoms with Crippen molar-refractivity contribution in [2.75, 3.05) is 19.6 Å². The number of aromatic nitrogens is 2. The van der Waals surface area contributed by atoms with Crippen LogP contribution in [0.5, 0.6) is 0 Å². The number of likely N-dealkylation sites (tertiary alicyclic amines) is 1. The number of nitrogens with zero attached hydrogens (tertiary/aromatic N) is 3. The smallest absolute Gasteiger partial charge is 0.256 e. The Balaban J connectivity index is 1.87. The number of amides is 1. The summed E-state index contributed by atoms with van der Waals surface area (Å²) in [7, 11) is 0. The molecule has 5 nitrogen and oxygen atoms in total. The number of carbonyl (C=O) groups is 1. The Kier molecular flexibility index (Phi) is 2.59. The van der Waals surface area contributed by atoms with E-state index in [0.29, 0.717) is 17.4 Å². The number of hydrogen-bond acceptors (Lipinski definition) is 4. The number of fused-ring (bicyclic) bond motifs is 1.